The first kappa shape index (κ1) is 31.1. The lowest BCUT2D eigenvalue weighted by Crippen LogP contribution is -2.38. The van der Waals surface area contributed by atoms with Gasteiger partial charge in [-0.25, -0.2) is 4.79 Å². The number of H-pyrrole nitrogens is 1. The normalized spacial score (nSPS) is 24.3. The first-order valence-electron chi connectivity index (χ1n) is 11.9. The minimum Gasteiger partial charge on any atom is -0.465 e. The number of hydrogen-bond acceptors (Lipinski definition) is 10. The number of carbonyl (C=O) groups excluding carboxylic acids is 1. The molecule has 2 heterocycles. The molecule has 2 N–H and O–H groups in total. The maximum absolute atomic E-state index is 13.6. The number of nitrogens with one attached hydrogen (secondary N) is 1. The van der Waals surface area contributed by atoms with E-state index >= 15 is 0 Å². The number of aromatic nitrogens is 2. The number of rotatable bonds is 11. The average Bonchev–Trinajstić information content (AvgIpc) is 3.09. The van der Waals surface area contributed by atoms with Gasteiger partial charge in [0.1, 0.15) is 24.9 Å². The summed E-state index contributed by atoms with van der Waals surface area (Å²) in [4.78, 5) is 37.9. The van der Waals surface area contributed by atoms with Crippen LogP contribution >= 0.6 is 7.37 Å². The summed E-state index contributed by atoms with van der Waals surface area (Å²) in [5.74, 6) is 0.829. The molecule has 1 fully saturated rings. The summed E-state index contributed by atoms with van der Waals surface area (Å²) in [5.41, 5.74) is -2.16. The van der Waals surface area contributed by atoms with Crippen LogP contribution in [0.15, 0.2) is 33.7 Å². The Morgan fingerprint density at radius 2 is 1.92 bits per heavy atom. The van der Waals surface area contributed by atoms with Crippen LogP contribution in [0.3, 0.4) is 0 Å². The molecule has 0 aromatic carbocycles. The number of aromatic amines is 1. The van der Waals surface area contributed by atoms with Gasteiger partial charge in [0.25, 0.3) is 5.56 Å². The molecule has 5 atom stereocenters. The molecule has 1 saturated heterocycles. The van der Waals surface area contributed by atoms with Crippen molar-refractivity contribution >= 4 is 13.3 Å². The Kier molecular flexibility index (Phi) is 10.6. The van der Waals surface area contributed by atoms with Crippen LogP contribution in [0.25, 0.3) is 0 Å². The third-order valence-corrected chi connectivity index (χ3v) is 7.26. The second-order valence-corrected chi connectivity index (χ2v) is 13.5. The van der Waals surface area contributed by atoms with E-state index in [-0.39, 0.29) is 25.0 Å². The number of methoxy groups -OCH3 is 1. The highest BCUT2D eigenvalue weighted by Gasteiger charge is 2.44. The molecule has 1 aromatic heterocycles. The molecule has 0 saturated carbocycles. The summed E-state index contributed by atoms with van der Waals surface area (Å²) in [6.07, 6.45) is -1.77. The number of esters is 1. The largest absolute Gasteiger partial charge is 0.465 e. The molecule has 1 aromatic rings. The molecule has 0 aliphatic carbocycles. The standard InChI is InChI=1S/C24H39N2O10P/c1-23(2,3)14-33-15-35-37(31,13-11-34-21(29)24(4,5)6)12-9-16-18(28)19(32-7)20(36-16)26-10-8-17(27)25-22(26)30/h8-10,12,16,18-20,28H,11,13-15H2,1-7H3,(H,25,27,30)/b12-9+/t16-,18?,19?,20-,37?/m1/s1. The Balaban J connectivity index is 2.19. The van der Waals surface area contributed by atoms with Crippen molar-refractivity contribution in [3.8, 4) is 0 Å². The fourth-order valence-corrected chi connectivity index (χ4v) is 4.69. The fraction of sp³-hybridized carbons (Fsp3) is 0.708. The molecule has 1 aliphatic rings. The molecule has 0 radical (unpaired) electrons. The van der Waals surface area contributed by atoms with Crippen LogP contribution in [-0.2, 0) is 32.8 Å². The van der Waals surface area contributed by atoms with E-state index in [1.54, 1.807) is 20.8 Å². The maximum Gasteiger partial charge on any atom is 0.330 e. The van der Waals surface area contributed by atoms with Gasteiger partial charge in [0, 0.05) is 19.4 Å². The van der Waals surface area contributed by atoms with Gasteiger partial charge >= 0.3 is 11.7 Å². The van der Waals surface area contributed by atoms with Gasteiger partial charge in [-0.3, -0.25) is 28.2 Å². The van der Waals surface area contributed by atoms with Gasteiger partial charge in [-0.05, 0) is 38.1 Å². The quantitative estimate of drug-likeness (QED) is 0.183. The number of aliphatic hydroxyl groups is 1. The smallest absolute Gasteiger partial charge is 0.330 e. The zero-order valence-corrected chi connectivity index (χ0v) is 23.4. The number of hydrogen-bond donors (Lipinski definition) is 2. The van der Waals surface area contributed by atoms with Gasteiger partial charge in [-0.15, -0.1) is 0 Å². The Morgan fingerprint density at radius 1 is 1.24 bits per heavy atom. The highest BCUT2D eigenvalue weighted by Crippen LogP contribution is 2.49. The van der Waals surface area contributed by atoms with Crippen molar-refractivity contribution in [3.05, 3.63) is 45.0 Å². The van der Waals surface area contributed by atoms with Gasteiger partial charge in [-0.2, -0.15) is 0 Å². The lowest BCUT2D eigenvalue weighted by atomic mass is 9.97. The van der Waals surface area contributed by atoms with Gasteiger partial charge in [-0.1, -0.05) is 20.8 Å². The highest BCUT2D eigenvalue weighted by atomic mass is 31.2. The molecule has 0 bridgehead atoms. The van der Waals surface area contributed by atoms with E-state index in [0.717, 1.165) is 10.6 Å². The predicted octanol–water partition coefficient (Wildman–Crippen LogP) is 2.23. The first-order valence-corrected chi connectivity index (χ1v) is 13.8. The Bertz CT molecular complexity index is 1100. The van der Waals surface area contributed by atoms with Crippen LogP contribution in [-0.4, -0.2) is 72.2 Å². The summed E-state index contributed by atoms with van der Waals surface area (Å²) < 4.78 is 42.2. The lowest BCUT2D eigenvalue weighted by Gasteiger charge is -2.21. The van der Waals surface area contributed by atoms with Gasteiger partial charge in [0.05, 0.1) is 18.2 Å². The maximum atomic E-state index is 13.6. The predicted molar refractivity (Wildman–Crippen MR) is 135 cm³/mol. The Hall–Kier alpha value is -2.08. The summed E-state index contributed by atoms with van der Waals surface area (Å²) in [7, 11) is -2.21. The molecular weight excluding hydrogens is 507 g/mol. The summed E-state index contributed by atoms with van der Waals surface area (Å²) in [6, 6.07) is 1.14. The van der Waals surface area contributed by atoms with E-state index in [1.807, 2.05) is 20.8 Å². The van der Waals surface area contributed by atoms with Crippen molar-refractivity contribution in [3.63, 3.8) is 0 Å². The van der Waals surface area contributed by atoms with Crippen LogP contribution in [0.4, 0.5) is 0 Å². The SMILES string of the molecule is COC1C(O)[C@@H](/C=C/P(=O)(CCOC(=O)C(C)(C)C)OCOCC(C)(C)C)O[C@H]1n1ccc(=O)[nH]c1=O. The minimum absolute atomic E-state index is 0.121. The van der Waals surface area contributed by atoms with E-state index in [9.17, 15) is 24.1 Å². The van der Waals surface area contributed by atoms with Crippen molar-refractivity contribution in [1.29, 1.82) is 0 Å². The molecule has 0 amide bonds. The third kappa shape index (κ3) is 9.31. The van der Waals surface area contributed by atoms with E-state index in [0.29, 0.717) is 6.61 Å². The van der Waals surface area contributed by atoms with Crippen LogP contribution in [0.1, 0.15) is 47.8 Å². The molecule has 37 heavy (non-hydrogen) atoms. The van der Waals surface area contributed by atoms with Crippen molar-refractivity contribution in [2.75, 3.05) is 33.3 Å². The average molecular weight is 547 g/mol. The van der Waals surface area contributed by atoms with Gasteiger partial charge < -0.3 is 24.1 Å². The second kappa shape index (κ2) is 12.6. The summed E-state index contributed by atoms with van der Waals surface area (Å²) in [6.45, 7) is 11.0. The van der Waals surface area contributed by atoms with Crippen LogP contribution in [0.2, 0.25) is 0 Å². The highest BCUT2D eigenvalue weighted by molar-refractivity contribution is 7.62. The Labute approximate surface area is 216 Å². The number of nitrogens with zero attached hydrogens (tertiary/aromatic N) is 1. The molecule has 210 valence electrons. The zero-order valence-electron chi connectivity index (χ0n) is 22.5. The minimum atomic E-state index is -3.56. The van der Waals surface area contributed by atoms with E-state index in [4.69, 9.17) is 23.5 Å². The first-order chi connectivity index (χ1) is 17.1. The molecule has 12 nitrogen and oxygen atoms in total. The molecule has 2 rings (SSSR count). The molecule has 13 heteroatoms. The lowest BCUT2D eigenvalue weighted by molar-refractivity contribution is -0.152. The zero-order chi connectivity index (χ0) is 28.0. The number of aliphatic hydroxyl groups excluding tert-OH is 1. The van der Waals surface area contributed by atoms with Crippen molar-refractivity contribution < 1.29 is 37.9 Å². The molecule has 0 spiro atoms. The van der Waals surface area contributed by atoms with Gasteiger partial charge in [0.2, 0.25) is 7.37 Å². The number of ether oxygens (including phenoxy) is 4. The van der Waals surface area contributed by atoms with Crippen LogP contribution in [0, 0.1) is 10.8 Å². The van der Waals surface area contributed by atoms with E-state index in [1.165, 1.54) is 25.2 Å². The topological polar surface area (TPSA) is 155 Å². The van der Waals surface area contributed by atoms with Crippen LogP contribution < -0.4 is 11.2 Å². The Morgan fingerprint density at radius 3 is 2.49 bits per heavy atom. The molecule has 3 unspecified atom stereocenters. The summed E-state index contributed by atoms with van der Waals surface area (Å²) >= 11 is 0. The van der Waals surface area contributed by atoms with E-state index < -0.39 is 54.5 Å². The summed E-state index contributed by atoms with van der Waals surface area (Å²) in [5, 5.41) is 10.8. The number of carbonyl (C=O) groups is 1. The van der Waals surface area contributed by atoms with Crippen LogP contribution in [0.5, 0.6) is 0 Å². The van der Waals surface area contributed by atoms with E-state index in [2.05, 4.69) is 4.98 Å². The van der Waals surface area contributed by atoms with Crippen molar-refractivity contribution in [2.45, 2.75) is 66.1 Å². The second-order valence-electron chi connectivity index (χ2n) is 11.0. The fourth-order valence-electron chi connectivity index (χ4n) is 3.30. The van der Waals surface area contributed by atoms with Gasteiger partial charge in [0.15, 0.2) is 13.0 Å². The monoisotopic (exact) mass is 546 g/mol. The molecule has 1 aliphatic heterocycles. The molecular formula is C24H39N2O10P. The third-order valence-electron chi connectivity index (χ3n) is 5.29. The van der Waals surface area contributed by atoms with Crippen molar-refractivity contribution in [2.24, 2.45) is 10.8 Å². The van der Waals surface area contributed by atoms with Crippen molar-refractivity contribution in [1.82, 2.24) is 9.55 Å².